The van der Waals surface area contributed by atoms with Crippen LogP contribution in [0.25, 0.3) is 0 Å². The fraction of sp³-hybridized carbons (Fsp3) is 0.923. The summed E-state index contributed by atoms with van der Waals surface area (Å²) in [6, 6.07) is 0.362. The van der Waals surface area contributed by atoms with Crippen molar-refractivity contribution in [2.45, 2.75) is 51.6 Å². The van der Waals surface area contributed by atoms with E-state index >= 15 is 0 Å². The largest absolute Gasteiger partial charge is 0.396 e. The van der Waals surface area contributed by atoms with E-state index in [1.807, 2.05) is 6.92 Å². The van der Waals surface area contributed by atoms with E-state index in [9.17, 15) is 9.90 Å². The predicted octanol–water partition coefficient (Wildman–Crippen LogP) is 0.748. The van der Waals surface area contributed by atoms with Gasteiger partial charge in [0.05, 0.1) is 6.04 Å². The lowest BCUT2D eigenvalue weighted by atomic mass is 9.82. The molecule has 4 heteroatoms. The van der Waals surface area contributed by atoms with Gasteiger partial charge in [-0.3, -0.25) is 9.69 Å². The summed E-state index contributed by atoms with van der Waals surface area (Å²) in [5.41, 5.74) is -0.0353. The lowest BCUT2D eigenvalue weighted by Crippen LogP contribution is -2.52. The minimum Gasteiger partial charge on any atom is -0.396 e. The highest BCUT2D eigenvalue weighted by Crippen LogP contribution is 2.30. The molecule has 0 bridgehead atoms. The van der Waals surface area contributed by atoms with Gasteiger partial charge in [0.1, 0.15) is 0 Å². The maximum atomic E-state index is 12.0. The molecule has 2 atom stereocenters. The Labute approximate surface area is 103 Å². The molecular formula is C13H24N2O2. The molecule has 0 aromatic carbocycles. The van der Waals surface area contributed by atoms with Crippen molar-refractivity contribution < 1.29 is 9.90 Å². The van der Waals surface area contributed by atoms with Gasteiger partial charge in [-0.1, -0.05) is 6.92 Å². The van der Waals surface area contributed by atoms with Crippen LogP contribution < -0.4 is 5.32 Å². The Hall–Kier alpha value is -0.610. The molecule has 2 fully saturated rings. The summed E-state index contributed by atoms with van der Waals surface area (Å²) in [4.78, 5) is 14.2. The topological polar surface area (TPSA) is 52.6 Å². The summed E-state index contributed by atoms with van der Waals surface area (Å²) in [5, 5.41) is 12.5. The van der Waals surface area contributed by atoms with Crippen LogP contribution in [0.5, 0.6) is 0 Å². The Balaban J connectivity index is 1.89. The van der Waals surface area contributed by atoms with Gasteiger partial charge in [0.2, 0.25) is 5.91 Å². The standard InChI is InChI=1S/C13H24N2O2/c1-10(12(17)14-11-4-5-11)15-7-3-6-13(2,8-15)9-16/h10-11,16H,3-9H2,1-2H3,(H,14,17). The average molecular weight is 240 g/mol. The van der Waals surface area contributed by atoms with E-state index in [-0.39, 0.29) is 24.0 Å². The molecule has 0 aromatic rings. The Morgan fingerprint density at radius 2 is 2.29 bits per heavy atom. The highest BCUT2D eigenvalue weighted by atomic mass is 16.3. The first-order valence-electron chi connectivity index (χ1n) is 6.69. The first-order valence-corrected chi connectivity index (χ1v) is 6.69. The van der Waals surface area contributed by atoms with Gasteiger partial charge in [-0.2, -0.15) is 0 Å². The van der Waals surface area contributed by atoms with Crippen LogP contribution in [0.15, 0.2) is 0 Å². The third-order valence-electron chi connectivity index (χ3n) is 4.04. The average Bonchev–Trinajstić information content (AvgIpc) is 3.12. The zero-order valence-corrected chi connectivity index (χ0v) is 10.9. The first kappa shape index (κ1) is 12.8. The van der Waals surface area contributed by atoms with Crippen LogP contribution in [0.2, 0.25) is 0 Å². The van der Waals surface area contributed by atoms with Crippen molar-refractivity contribution in [3.8, 4) is 0 Å². The number of likely N-dealkylation sites (tertiary alicyclic amines) is 1. The zero-order chi connectivity index (χ0) is 12.5. The molecule has 2 N–H and O–H groups in total. The van der Waals surface area contributed by atoms with Crippen LogP contribution in [0.1, 0.15) is 39.5 Å². The molecule has 4 nitrogen and oxygen atoms in total. The van der Waals surface area contributed by atoms with Crippen molar-refractivity contribution in [2.75, 3.05) is 19.7 Å². The molecule has 1 aliphatic heterocycles. The van der Waals surface area contributed by atoms with Gasteiger partial charge in [0.15, 0.2) is 0 Å². The van der Waals surface area contributed by atoms with Crippen LogP contribution in [-0.4, -0.2) is 47.7 Å². The number of nitrogens with one attached hydrogen (secondary N) is 1. The molecule has 2 unspecified atom stereocenters. The van der Waals surface area contributed by atoms with Crippen molar-refractivity contribution in [1.82, 2.24) is 10.2 Å². The lowest BCUT2D eigenvalue weighted by molar-refractivity contribution is -0.127. The summed E-state index contributed by atoms with van der Waals surface area (Å²) in [7, 11) is 0. The SMILES string of the molecule is CC(C(=O)NC1CC1)N1CCCC(C)(CO)C1. The number of carbonyl (C=O) groups is 1. The van der Waals surface area contributed by atoms with Gasteiger partial charge in [0.25, 0.3) is 0 Å². The first-order chi connectivity index (χ1) is 8.04. The molecule has 0 aromatic heterocycles. The maximum absolute atomic E-state index is 12.0. The fourth-order valence-electron chi connectivity index (χ4n) is 2.53. The number of aliphatic hydroxyl groups is 1. The predicted molar refractivity (Wildman–Crippen MR) is 66.6 cm³/mol. The molecule has 1 saturated heterocycles. The van der Waals surface area contributed by atoms with Crippen molar-refractivity contribution in [3.05, 3.63) is 0 Å². The summed E-state index contributed by atoms with van der Waals surface area (Å²) in [5.74, 6) is 0.148. The van der Waals surface area contributed by atoms with Gasteiger partial charge in [-0.15, -0.1) is 0 Å². The molecule has 2 aliphatic rings. The van der Waals surface area contributed by atoms with Gasteiger partial charge in [-0.25, -0.2) is 0 Å². The second-order valence-electron chi connectivity index (χ2n) is 6.00. The Bertz CT molecular complexity index is 291. The van der Waals surface area contributed by atoms with E-state index in [1.165, 1.54) is 0 Å². The minimum absolute atomic E-state index is 0.0353. The van der Waals surface area contributed by atoms with Crippen molar-refractivity contribution >= 4 is 5.91 Å². The van der Waals surface area contributed by atoms with Crippen LogP contribution in [0.3, 0.4) is 0 Å². The molecule has 0 spiro atoms. The smallest absolute Gasteiger partial charge is 0.237 e. The number of amides is 1. The fourth-order valence-corrected chi connectivity index (χ4v) is 2.53. The number of hydrogen-bond acceptors (Lipinski definition) is 3. The number of carbonyl (C=O) groups excluding carboxylic acids is 1. The number of hydrogen-bond donors (Lipinski definition) is 2. The third-order valence-corrected chi connectivity index (χ3v) is 4.04. The minimum atomic E-state index is -0.0678. The van der Waals surface area contributed by atoms with Gasteiger partial charge in [-0.05, 0) is 39.2 Å². The molecule has 1 saturated carbocycles. The Morgan fingerprint density at radius 3 is 2.88 bits per heavy atom. The van der Waals surface area contributed by atoms with E-state index in [4.69, 9.17) is 0 Å². The summed E-state index contributed by atoms with van der Waals surface area (Å²) >= 11 is 0. The Morgan fingerprint density at radius 1 is 1.59 bits per heavy atom. The highest BCUT2D eigenvalue weighted by Gasteiger charge is 2.35. The van der Waals surface area contributed by atoms with Crippen LogP contribution >= 0.6 is 0 Å². The van der Waals surface area contributed by atoms with Crippen LogP contribution in [0.4, 0.5) is 0 Å². The normalized spacial score (nSPS) is 32.2. The van der Waals surface area contributed by atoms with Crippen LogP contribution in [-0.2, 0) is 4.79 Å². The maximum Gasteiger partial charge on any atom is 0.237 e. The van der Waals surface area contributed by atoms with Crippen LogP contribution in [0, 0.1) is 5.41 Å². The monoisotopic (exact) mass is 240 g/mol. The van der Waals surface area contributed by atoms with E-state index in [0.717, 1.165) is 38.8 Å². The van der Waals surface area contributed by atoms with Gasteiger partial charge in [0, 0.05) is 24.6 Å². The molecule has 1 amide bonds. The summed E-state index contributed by atoms with van der Waals surface area (Å²) in [6.07, 6.45) is 4.38. The van der Waals surface area contributed by atoms with E-state index in [0.29, 0.717) is 6.04 Å². The highest BCUT2D eigenvalue weighted by molar-refractivity contribution is 5.81. The number of rotatable bonds is 4. The van der Waals surface area contributed by atoms with Gasteiger partial charge >= 0.3 is 0 Å². The van der Waals surface area contributed by atoms with E-state index in [2.05, 4.69) is 17.1 Å². The second kappa shape index (κ2) is 4.94. The molecule has 17 heavy (non-hydrogen) atoms. The van der Waals surface area contributed by atoms with Crippen molar-refractivity contribution in [3.63, 3.8) is 0 Å². The molecule has 0 radical (unpaired) electrons. The molecule has 2 rings (SSSR count). The zero-order valence-electron chi connectivity index (χ0n) is 10.9. The Kier molecular flexibility index (Phi) is 3.73. The number of aliphatic hydroxyl groups excluding tert-OH is 1. The molecule has 98 valence electrons. The lowest BCUT2D eigenvalue weighted by Gasteiger charge is -2.41. The molecule has 1 heterocycles. The van der Waals surface area contributed by atoms with Gasteiger partial charge < -0.3 is 10.4 Å². The quantitative estimate of drug-likeness (QED) is 0.762. The number of nitrogens with zero attached hydrogens (tertiary/aromatic N) is 1. The summed E-state index contributed by atoms with van der Waals surface area (Å²) < 4.78 is 0. The number of piperidine rings is 1. The summed E-state index contributed by atoms with van der Waals surface area (Å²) in [6.45, 7) is 6.07. The van der Waals surface area contributed by atoms with E-state index < -0.39 is 0 Å². The second-order valence-corrected chi connectivity index (χ2v) is 6.00. The molecular weight excluding hydrogens is 216 g/mol. The molecule has 1 aliphatic carbocycles. The third kappa shape index (κ3) is 3.19. The van der Waals surface area contributed by atoms with Crippen molar-refractivity contribution in [2.24, 2.45) is 5.41 Å². The van der Waals surface area contributed by atoms with Crippen molar-refractivity contribution in [1.29, 1.82) is 0 Å². The van der Waals surface area contributed by atoms with E-state index in [1.54, 1.807) is 0 Å².